The highest BCUT2D eigenvalue weighted by Gasteiger charge is 2.25. The van der Waals surface area contributed by atoms with Gasteiger partial charge in [-0.3, -0.25) is 4.90 Å². The summed E-state index contributed by atoms with van der Waals surface area (Å²) in [5, 5.41) is 8.67. The lowest BCUT2D eigenvalue weighted by Gasteiger charge is -2.34. The molecule has 156 valence electrons. The summed E-state index contributed by atoms with van der Waals surface area (Å²) in [4.78, 5) is 2.51. The monoisotopic (exact) mass is 415 g/mol. The van der Waals surface area contributed by atoms with Crippen molar-refractivity contribution in [2.45, 2.75) is 42.7 Å². The Morgan fingerprint density at radius 2 is 1.83 bits per heavy atom. The summed E-state index contributed by atoms with van der Waals surface area (Å²) in [6, 6.07) is 15.6. The Morgan fingerprint density at radius 1 is 1.14 bits per heavy atom. The molecule has 1 aliphatic carbocycles. The maximum absolute atomic E-state index is 11.5. The molecule has 2 aromatic carbocycles. The largest absolute Gasteiger partial charge is 0.484 e. The van der Waals surface area contributed by atoms with Crippen LogP contribution < -0.4 is 15.2 Å². The first-order valence-corrected chi connectivity index (χ1v) is 11.8. The van der Waals surface area contributed by atoms with Crippen LogP contribution in [0.1, 0.15) is 42.9 Å². The van der Waals surface area contributed by atoms with Crippen molar-refractivity contribution in [2.24, 2.45) is 5.14 Å². The van der Waals surface area contributed by atoms with E-state index in [-0.39, 0.29) is 11.0 Å². The first-order chi connectivity index (χ1) is 13.9. The molecule has 0 amide bonds. The molecule has 29 heavy (non-hydrogen) atoms. The summed E-state index contributed by atoms with van der Waals surface area (Å²) in [6.45, 7) is 5.90. The van der Waals surface area contributed by atoms with Gasteiger partial charge in [-0.05, 0) is 61.1 Å². The molecule has 4 rings (SSSR count). The van der Waals surface area contributed by atoms with E-state index in [1.165, 1.54) is 30.5 Å². The maximum Gasteiger partial charge on any atom is 0.238 e. The number of hydrogen-bond donors (Lipinski definition) is 2. The first-order valence-electron chi connectivity index (χ1n) is 10.2. The lowest BCUT2D eigenvalue weighted by molar-refractivity contribution is 0.113. The summed E-state index contributed by atoms with van der Waals surface area (Å²) >= 11 is 0. The van der Waals surface area contributed by atoms with Crippen LogP contribution >= 0.6 is 0 Å². The Morgan fingerprint density at radius 3 is 2.41 bits per heavy atom. The first kappa shape index (κ1) is 20.3. The van der Waals surface area contributed by atoms with E-state index in [1.807, 2.05) is 0 Å². The molecule has 1 saturated carbocycles. The normalized spacial score (nSPS) is 21.7. The van der Waals surface area contributed by atoms with Crippen molar-refractivity contribution in [3.8, 4) is 5.75 Å². The van der Waals surface area contributed by atoms with Crippen molar-refractivity contribution in [1.82, 2.24) is 10.2 Å². The van der Waals surface area contributed by atoms with Crippen molar-refractivity contribution in [1.29, 1.82) is 0 Å². The molecule has 1 aliphatic heterocycles. The molecule has 0 aromatic heterocycles. The van der Waals surface area contributed by atoms with E-state index < -0.39 is 10.0 Å². The number of nitrogens with two attached hydrogens (primary N) is 1. The molecule has 3 N–H and O–H groups in total. The average Bonchev–Trinajstić information content (AvgIpc) is 3.53. The number of sulfonamides is 1. The Kier molecular flexibility index (Phi) is 5.92. The van der Waals surface area contributed by atoms with Gasteiger partial charge in [0.1, 0.15) is 11.9 Å². The standard InChI is InChI=1S/C22H29N3O3S/c1-16-14-25(13-12-24-16)15-22(19-6-4-18(5-7-19)17-2-3-17)28-20-8-10-21(11-9-20)29(23,26)27/h4-11,16-17,22,24H,2-3,12-15H2,1H3,(H2,23,26,27)/t16-,22?/m1/s1. The molecule has 0 spiro atoms. The van der Waals surface area contributed by atoms with E-state index in [0.29, 0.717) is 11.8 Å². The fourth-order valence-corrected chi connectivity index (χ4v) is 4.41. The van der Waals surface area contributed by atoms with E-state index in [9.17, 15) is 8.42 Å². The highest BCUT2D eigenvalue weighted by atomic mass is 32.2. The van der Waals surface area contributed by atoms with Crippen molar-refractivity contribution in [3.05, 3.63) is 59.7 Å². The van der Waals surface area contributed by atoms with Crippen molar-refractivity contribution >= 4 is 10.0 Å². The molecule has 2 atom stereocenters. The van der Waals surface area contributed by atoms with Gasteiger partial charge in [-0.25, -0.2) is 13.6 Å². The number of ether oxygens (including phenoxy) is 1. The lowest BCUT2D eigenvalue weighted by atomic mass is 10.0. The minimum Gasteiger partial charge on any atom is -0.484 e. The number of piperazine rings is 1. The van der Waals surface area contributed by atoms with Crippen molar-refractivity contribution < 1.29 is 13.2 Å². The van der Waals surface area contributed by atoms with Crippen molar-refractivity contribution in [2.75, 3.05) is 26.2 Å². The number of hydrogen-bond acceptors (Lipinski definition) is 5. The molecular weight excluding hydrogens is 386 g/mol. The summed E-state index contributed by atoms with van der Waals surface area (Å²) in [7, 11) is -3.71. The number of nitrogens with one attached hydrogen (secondary N) is 1. The molecule has 1 heterocycles. The van der Waals surface area contributed by atoms with Crippen LogP contribution in [-0.2, 0) is 10.0 Å². The number of nitrogens with zero attached hydrogens (tertiary/aromatic N) is 1. The van der Waals surface area contributed by atoms with Gasteiger partial charge < -0.3 is 10.1 Å². The van der Waals surface area contributed by atoms with Crippen LogP contribution in [0.2, 0.25) is 0 Å². The van der Waals surface area contributed by atoms with Gasteiger partial charge in [0.15, 0.2) is 0 Å². The van der Waals surface area contributed by atoms with Gasteiger partial charge in [0, 0.05) is 32.2 Å². The van der Waals surface area contributed by atoms with Crippen LogP contribution in [0.5, 0.6) is 5.75 Å². The number of benzene rings is 2. The predicted octanol–water partition coefficient (Wildman–Crippen LogP) is 2.63. The van der Waals surface area contributed by atoms with Crippen LogP contribution in [-0.4, -0.2) is 45.5 Å². The van der Waals surface area contributed by atoms with Gasteiger partial charge in [0.2, 0.25) is 10.0 Å². The predicted molar refractivity (Wildman–Crippen MR) is 114 cm³/mol. The number of rotatable bonds is 7. The second-order valence-electron chi connectivity index (χ2n) is 8.18. The summed E-state index contributed by atoms with van der Waals surface area (Å²) < 4.78 is 29.3. The second kappa shape index (κ2) is 8.44. The third-order valence-electron chi connectivity index (χ3n) is 5.66. The quantitative estimate of drug-likeness (QED) is 0.726. The van der Waals surface area contributed by atoms with E-state index in [4.69, 9.17) is 9.88 Å². The molecule has 0 radical (unpaired) electrons. The van der Waals surface area contributed by atoms with Gasteiger partial charge in [-0.2, -0.15) is 0 Å². The van der Waals surface area contributed by atoms with E-state index in [2.05, 4.69) is 41.4 Å². The third-order valence-corrected chi connectivity index (χ3v) is 6.59. The Hall–Kier alpha value is -1.93. The minimum atomic E-state index is -3.71. The average molecular weight is 416 g/mol. The highest BCUT2D eigenvalue weighted by molar-refractivity contribution is 7.89. The second-order valence-corrected chi connectivity index (χ2v) is 9.74. The van der Waals surface area contributed by atoms with E-state index in [0.717, 1.165) is 37.7 Å². The van der Waals surface area contributed by atoms with Crippen molar-refractivity contribution in [3.63, 3.8) is 0 Å². The smallest absolute Gasteiger partial charge is 0.238 e. The van der Waals surface area contributed by atoms with Gasteiger partial charge in [0.25, 0.3) is 0 Å². The van der Waals surface area contributed by atoms with Crippen LogP contribution in [0.15, 0.2) is 53.4 Å². The lowest BCUT2D eigenvalue weighted by Crippen LogP contribution is -2.50. The van der Waals surface area contributed by atoms with Gasteiger partial charge >= 0.3 is 0 Å². The summed E-state index contributed by atoms with van der Waals surface area (Å²) in [5.41, 5.74) is 2.54. The SMILES string of the molecule is C[C@@H]1CN(CC(Oc2ccc(S(N)(=O)=O)cc2)c2ccc(C3CC3)cc2)CCN1. The molecule has 1 unspecified atom stereocenters. The molecule has 2 aliphatic rings. The third kappa shape index (κ3) is 5.36. The van der Waals surface area contributed by atoms with E-state index >= 15 is 0 Å². The Balaban J connectivity index is 1.53. The highest BCUT2D eigenvalue weighted by Crippen LogP contribution is 2.40. The van der Waals surface area contributed by atoms with E-state index in [1.54, 1.807) is 12.1 Å². The molecule has 7 heteroatoms. The van der Waals surface area contributed by atoms with Crippen LogP contribution in [0.25, 0.3) is 0 Å². The van der Waals surface area contributed by atoms with Gasteiger partial charge in [-0.15, -0.1) is 0 Å². The summed E-state index contributed by atoms with van der Waals surface area (Å²) in [5.74, 6) is 1.36. The Bertz CT molecular complexity index is 925. The molecule has 1 saturated heterocycles. The summed E-state index contributed by atoms with van der Waals surface area (Å²) in [6.07, 6.45) is 2.44. The van der Waals surface area contributed by atoms with Gasteiger partial charge in [0.05, 0.1) is 4.90 Å². The molecule has 0 bridgehead atoms. The zero-order valence-electron chi connectivity index (χ0n) is 16.8. The van der Waals surface area contributed by atoms with Crippen LogP contribution in [0.3, 0.4) is 0 Å². The molecule has 6 nitrogen and oxygen atoms in total. The topological polar surface area (TPSA) is 84.7 Å². The maximum atomic E-state index is 11.5. The van der Waals surface area contributed by atoms with Crippen LogP contribution in [0, 0.1) is 0 Å². The zero-order chi connectivity index (χ0) is 20.4. The van der Waals surface area contributed by atoms with Crippen LogP contribution in [0.4, 0.5) is 0 Å². The fourth-order valence-electron chi connectivity index (χ4n) is 3.89. The zero-order valence-corrected chi connectivity index (χ0v) is 17.6. The fraction of sp³-hybridized carbons (Fsp3) is 0.455. The molecular formula is C22H29N3O3S. The molecule has 2 aromatic rings. The molecule has 2 fully saturated rings. The number of primary sulfonamides is 1. The van der Waals surface area contributed by atoms with Gasteiger partial charge in [-0.1, -0.05) is 24.3 Å². The Labute approximate surface area is 173 Å². The minimum absolute atomic E-state index is 0.0890.